The van der Waals surface area contributed by atoms with Crippen LogP contribution in [0.4, 0.5) is 11.4 Å². The van der Waals surface area contributed by atoms with E-state index < -0.39 is 10.0 Å². The Morgan fingerprint density at radius 2 is 1.88 bits per heavy atom. The molecule has 3 aromatic rings. The van der Waals surface area contributed by atoms with E-state index in [0.717, 1.165) is 53.6 Å². The number of piperazine rings is 1. The molecule has 2 N–H and O–H groups in total. The summed E-state index contributed by atoms with van der Waals surface area (Å²) in [6.45, 7) is 4.68. The van der Waals surface area contributed by atoms with Gasteiger partial charge in [0.25, 0.3) is 16.5 Å². The highest BCUT2D eigenvalue weighted by molar-refractivity contribution is 7.90. The van der Waals surface area contributed by atoms with Gasteiger partial charge in [0.05, 0.1) is 28.8 Å². The van der Waals surface area contributed by atoms with Crippen LogP contribution in [0, 0.1) is 0 Å². The fraction of sp³-hybridized carbons (Fsp3) is 0.333. The fourth-order valence-corrected chi connectivity index (χ4v) is 5.17. The number of rotatable bonds is 3. The van der Waals surface area contributed by atoms with E-state index in [1.807, 2.05) is 30.1 Å². The molecule has 0 unspecified atom stereocenters. The molecule has 0 aliphatic carbocycles. The lowest BCUT2D eigenvalue weighted by molar-refractivity contribution is -0.122. The van der Waals surface area contributed by atoms with E-state index in [1.54, 1.807) is 24.4 Å². The predicted octanol–water partition coefficient (Wildman–Crippen LogP) is 1.21. The Bertz CT molecular complexity index is 1220. The van der Waals surface area contributed by atoms with E-state index in [1.165, 1.54) is 0 Å². The molecule has 1 aromatic heterocycles. The molecule has 2 aromatic carbocycles. The van der Waals surface area contributed by atoms with Crippen LogP contribution in [0.2, 0.25) is 0 Å². The highest BCUT2D eigenvalue weighted by Gasteiger charge is 2.25. The number of aromatic nitrogens is 2. The van der Waals surface area contributed by atoms with Gasteiger partial charge in [-0.3, -0.25) is 4.79 Å². The monoisotopic (exact) mass is 459 g/mol. The summed E-state index contributed by atoms with van der Waals surface area (Å²) in [5.74, 6) is 0.698. The van der Waals surface area contributed by atoms with Crippen LogP contribution < -0.4 is 19.9 Å². The van der Waals surface area contributed by atoms with Crippen LogP contribution in [0.25, 0.3) is 10.9 Å². The van der Waals surface area contributed by atoms with Crippen molar-refractivity contribution < 1.29 is 23.1 Å². The van der Waals surface area contributed by atoms with Gasteiger partial charge in [-0.05, 0) is 36.4 Å². The Balaban J connectivity index is 0.000000775. The molecule has 3 heterocycles. The SMILES string of the molecule is CN1CCOc2ccc(S(=O)(=O)n3ncc4ccc(N5CCNCC5)cc43)cc21.O=CO. The van der Waals surface area contributed by atoms with Gasteiger partial charge in [-0.2, -0.15) is 17.6 Å². The van der Waals surface area contributed by atoms with E-state index in [-0.39, 0.29) is 11.4 Å². The lowest BCUT2D eigenvalue weighted by atomic mass is 10.2. The van der Waals surface area contributed by atoms with Gasteiger partial charge in [-0.25, -0.2) is 0 Å². The summed E-state index contributed by atoms with van der Waals surface area (Å²) in [7, 11) is -1.90. The number of anilines is 2. The molecule has 0 spiro atoms. The molecule has 0 bridgehead atoms. The minimum atomic E-state index is -3.83. The maximum atomic E-state index is 13.4. The minimum absolute atomic E-state index is 0.200. The van der Waals surface area contributed by atoms with E-state index >= 15 is 0 Å². The summed E-state index contributed by atoms with van der Waals surface area (Å²) in [5.41, 5.74) is 2.37. The molecular formula is C21H25N5O5S. The number of ether oxygens (including phenoxy) is 1. The van der Waals surface area contributed by atoms with Gasteiger partial charge in [0.15, 0.2) is 0 Å². The second kappa shape index (κ2) is 9.05. The van der Waals surface area contributed by atoms with E-state index in [9.17, 15) is 8.42 Å². The van der Waals surface area contributed by atoms with Gasteiger partial charge < -0.3 is 25.0 Å². The summed E-state index contributed by atoms with van der Waals surface area (Å²) in [5, 5.41) is 15.2. The molecule has 1 saturated heterocycles. The Labute approximate surface area is 186 Å². The van der Waals surface area contributed by atoms with Crippen LogP contribution in [0.1, 0.15) is 0 Å². The molecular weight excluding hydrogens is 434 g/mol. The van der Waals surface area contributed by atoms with E-state index in [2.05, 4.69) is 15.3 Å². The van der Waals surface area contributed by atoms with Gasteiger partial charge in [0, 0.05) is 44.3 Å². The fourth-order valence-electron chi connectivity index (χ4n) is 3.89. The highest BCUT2D eigenvalue weighted by Crippen LogP contribution is 2.34. The Hall–Kier alpha value is -3.31. The van der Waals surface area contributed by atoms with Crippen molar-refractivity contribution in [1.82, 2.24) is 14.5 Å². The molecule has 170 valence electrons. The number of nitrogens with one attached hydrogen (secondary N) is 1. The van der Waals surface area contributed by atoms with Gasteiger partial charge >= 0.3 is 0 Å². The lowest BCUT2D eigenvalue weighted by Gasteiger charge is -2.29. The van der Waals surface area contributed by atoms with Crippen LogP contribution in [-0.4, -0.2) is 75.6 Å². The van der Waals surface area contributed by atoms with Crippen molar-refractivity contribution in [3.05, 3.63) is 42.6 Å². The van der Waals surface area contributed by atoms with Crippen molar-refractivity contribution in [2.24, 2.45) is 0 Å². The van der Waals surface area contributed by atoms with Crippen molar-refractivity contribution in [3.63, 3.8) is 0 Å². The third-order valence-electron chi connectivity index (χ3n) is 5.56. The first-order valence-corrected chi connectivity index (χ1v) is 11.6. The molecule has 0 radical (unpaired) electrons. The maximum Gasteiger partial charge on any atom is 0.290 e. The lowest BCUT2D eigenvalue weighted by Crippen LogP contribution is -2.43. The largest absolute Gasteiger partial charge is 0.490 e. The van der Waals surface area contributed by atoms with Crippen molar-refractivity contribution in [1.29, 1.82) is 0 Å². The Kier molecular flexibility index (Phi) is 6.19. The number of likely N-dealkylation sites (N-methyl/N-ethyl adjacent to an activating group) is 1. The summed E-state index contributed by atoms with van der Waals surface area (Å²) < 4.78 is 33.6. The van der Waals surface area contributed by atoms with E-state index in [4.69, 9.17) is 14.6 Å². The van der Waals surface area contributed by atoms with Gasteiger partial charge in [0.2, 0.25) is 0 Å². The molecule has 2 aliphatic heterocycles. The normalized spacial score (nSPS) is 16.0. The Morgan fingerprint density at radius 3 is 2.62 bits per heavy atom. The smallest absolute Gasteiger partial charge is 0.290 e. The summed E-state index contributed by atoms with van der Waals surface area (Å²) in [4.78, 5) is 12.8. The molecule has 1 fully saturated rings. The van der Waals surface area contributed by atoms with Crippen LogP contribution in [-0.2, 0) is 14.8 Å². The van der Waals surface area contributed by atoms with Gasteiger partial charge in [-0.15, -0.1) is 0 Å². The second-order valence-corrected chi connectivity index (χ2v) is 9.25. The summed E-state index contributed by atoms with van der Waals surface area (Å²) >= 11 is 0. The zero-order chi connectivity index (χ0) is 22.7. The number of carboxylic acid groups (broad SMARTS) is 1. The number of carbonyl (C=O) groups is 1. The summed E-state index contributed by atoms with van der Waals surface area (Å²) in [6, 6.07) is 10.8. The third-order valence-corrected chi connectivity index (χ3v) is 7.15. The standard InChI is InChI=1S/C20H23N5O3S.CH2O2/c1-23-10-11-28-20-5-4-17(13-19(20)23)29(26,27)25-18-12-16(3-2-15(18)14-22-25)24-8-6-21-7-9-24;2-1-3/h2-5,12-14,21H,6-11H2,1H3;1H,(H,2,3). The average molecular weight is 460 g/mol. The molecule has 0 atom stereocenters. The molecule has 0 amide bonds. The predicted molar refractivity (Wildman–Crippen MR) is 121 cm³/mol. The number of benzene rings is 2. The quantitative estimate of drug-likeness (QED) is 0.558. The van der Waals surface area contributed by atoms with Gasteiger partial charge in [-0.1, -0.05) is 0 Å². The van der Waals surface area contributed by atoms with Crippen LogP contribution in [0.5, 0.6) is 5.75 Å². The van der Waals surface area contributed by atoms with Crippen molar-refractivity contribution in [2.75, 3.05) is 56.2 Å². The van der Waals surface area contributed by atoms with Crippen molar-refractivity contribution >= 4 is 38.8 Å². The first-order valence-electron chi connectivity index (χ1n) is 10.2. The average Bonchev–Trinajstić information content (AvgIpc) is 3.24. The molecule has 5 rings (SSSR count). The molecule has 10 nitrogen and oxygen atoms in total. The molecule has 2 aliphatic rings. The molecule has 11 heteroatoms. The third kappa shape index (κ3) is 4.08. The number of hydrogen-bond acceptors (Lipinski definition) is 8. The first-order chi connectivity index (χ1) is 15.5. The van der Waals surface area contributed by atoms with E-state index in [0.29, 0.717) is 17.9 Å². The Morgan fingerprint density at radius 1 is 1.12 bits per heavy atom. The summed E-state index contributed by atoms with van der Waals surface area (Å²) in [6.07, 6.45) is 1.60. The first kappa shape index (κ1) is 21.9. The topological polar surface area (TPSA) is 117 Å². The minimum Gasteiger partial charge on any atom is -0.490 e. The highest BCUT2D eigenvalue weighted by atomic mass is 32.2. The van der Waals surface area contributed by atoms with Crippen molar-refractivity contribution in [2.45, 2.75) is 4.90 Å². The zero-order valence-electron chi connectivity index (χ0n) is 17.6. The molecule has 32 heavy (non-hydrogen) atoms. The van der Waals surface area contributed by atoms with Gasteiger partial charge in [0.1, 0.15) is 12.4 Å². The maximum absolute atomic E-state index is 13.4. The van der Waals surface area contributed by atoms with Crippen LogP contribution >= 0.6 is 0 Å². The number of nitrogens with zero attached hydrogens (tertiary/aromatic N) is 4. The number of hydrogen-bond donors (Lipinski definition) is 2. The van der Waals surface area contributed by atoms with Crippen LogP contribution in [0.15, 0.2) is 47.5 Å². The van der Waals surface area contributed by atoms with Crippen molar-refractivity contribution in [3.8, 4) is 5.75 Å². The second-order valence-electron chi connectivity index (χ2n) is 7.48. The number of fused-ring (bicyclic) bond motifs is 2. The molecule has 0 saturated carbocycles. The van der Waals surface area contributed by atoms with Crippen LogP contribution in [0.3, 0.4) is 0 Å². The zero-order valence-corrected chi connectivity index (χ0v) is 18.5.